The predicted molar refractivity (Wildman–Crippen MR) is 98.3 cm³/mol. The minimum atomic E-state index is -0.307. The number of benzene rings is 1. The number of nitrogens with one attached hydrogen (secondary N) is 1. The van der Waals surface area contributed by atoms with Gasteiger partial charge in [0.25, 0.3) is 5.69 Å². The maximum atomic E-state index is 12.7. The second-order valence-electron chi connectivity index (χ2n) is 6.67. The Morgan fingerprint density at radius 2 is 2.12 bits per heavy atom. The summed E-state index contributed by atoms with van der Waals surface area (Å²) in [5.41, 5.74) is 4.83. The lowest BCUT2D eigenvalue weighted by atomic mass is 9.79. The van der Waals surface area contributed by atoms with Gasteiger partial charge in [-0.2, -0.15) is 0 Å². The average Bonchev–Trinajstić information content (AvgIpc) is 3.07. The fourth-order valence-corrected chi connectivity index (χ4v) is 5.32. The number of hydrogen-bond acceptors (Lipinski definition) is 5. The number of Topliss-reactive ketones (excluding diaryl/α,β-unsaturated/α-hetero) is 1. The molecule has 0 radical (unpaired) electrons. The summed E-state index contributed by atoms with van der Waals surface area (Å²) in [4.78, 5) is 25.0. The van der Waals surface area contributed by atoms with Crippen LogP contribution in [-0.4, -0.2) is 16.5 Å². The molecular formula is C19H20N2O3S. The molecule has 25 heavy (non-hydrogen) atoms. The normalized spacial score (nSPS) is 22.6. The Balaban J connectivity index is 1.87. The van der Waals surface area contributed by atoms with Crippen LogP contribution < -0.4 is 5.32 Å². The van der Waals surface area contributed by atoms with Crippen molar-refractivity contribution in [2.24, 2.45) is 0 Å². The van der Waals surface area contributed by atoms with E-state index in [2.05, 4.69) is 5.32 Å². The van der Waals surface area contributed by atoms with Crippen molar-refractivity contribution >= 4 is 23.2 Å². The number of nitrogens with zero attached hydrogens (tertiary/aromatic N) is 1. The molecule has 1 unspecified atom stereocenters. The number of allylic oxidation sites excluding steroid dienone is 4. The van der Waals surface area contributed by atoms with Gasteiger partial charge in [-0.3, -0.25) is 14.9 Å². The Morgan fingerprint density at radius 1 is 1.28 bits per heavy atom. The minimum Gasteiger partial charge on any atom is -0.361 e. The number of carbonyl (C=O) groups is 1. The first-order valence-electron chi connectivity index (χ1n) is 8.76. The van der Waals surface area contributed by atoms with Crippen molar-refractivity contribution in [1.29, 1.82) is 0 Å². The third-order valence-electron chi connectivity index (χ3n) is 5.24. The lowest BCUT2D eigenvalue weighted by Crippen LogP contribution is -2.30. The van der Waals surface area contributed by atoms with Crippen LogP contribution in [0, 0.1) is 10.1 Å². The van der Waals surface area contributed by atoms with Crippen LogP contribution >= 0.6 is 11.8 Å². The summed E-state index contributed by atoms with van der Waals surface area (Å²) in [7, 11) is 0. The lowest BCUT2D eigenvalue weighted by molar-refractivity contribution is -0.385. The number of nitro benzene ring substituents is 1. The van der Waals surface area contributed by atoms with Gasteiger partial charge in [0, 0.05) is 51.6 Å². The van der Waals surface area contributed by atoms with Crippen molar-refractivity contribution in [2.75, 3.05) is 5.75 Å². The van der Waals surface area contributed by atoms with Gasteiger partial charge in [-0.05, 0) is 31.2 Å². The molecule has 1 aliphatic carbocycles. The number of ketones is 1. The number of nitro groups is 1. The van der Waals surface area contributed by atoms with Crippen molar-refractivity contribution in [1.82, 2.24) is 5.32 Å². The van der Waals surface area contributed by atoms with E-state index in [9.17, 15) is 14.9 Å². The molecule has 0 spiro atoms. The molecule has 0 amide bonds. The number of rotatable bonds is 3. The molecule has 4 rings (SSSR count). The molecule has 5 nitrogen and oxygen atoms in total. The van der Waals surface area contributed by atoms with E-state index in [1.54, 1.807) is 17.8 Å². The number of thioether (sulfide) groups is 1. The van der Waals surface area contributed by atoms with Crippen molar-refractivity contribution < 1.29 is 9.72 Å². The molecule has 1 N–H and O–H groups in total. The van der Waals surface area contributed by atoms with Gasteiger partial charge >= 0.3 is 0 Å². The molecule has 0 aromatic heterocycles. The van der Waals surface area contributed by atoms with Crippen LogP contribution in [-0.2, 0) is 11.2 Å². The Kier molecular flexibility index (Phi) is 4.15. The van der Waals surface area contributed by atoms with Crippen molar-refractivity contribution in [3.63, 3.8) is 0 Å². The largest absolute Gasteiger partial charge is 0.361 e. The first kappa shape index (κ1) is 16.4. The summed E-state index contributed by atoms with van der Waals surface area (Å²) in [5.74, 6) is 1.04. The Hall–Kier alpha value is -2.08. The maximum Gasteiger partial charge on any atom is 0.272 e. The van der Waals surface area contributed by atoms with E-state index >= 15 is 0 Å². The highest BCUT2D eigenvalue weighted by molar-refractivity contribution is 8.03. The number of dihydropyridines is 1. The third kappa shape index (κ3) is 2.68. The van der Waals surface area contributed by atoms with Crippen LogP contribution in [0.4, 0.5) is 5.69 Å². The van der Waals surface area contributed by atoms with E-state index in [0.29, 0.717) is 12.8 Å². The molecule has 0 saturated heterocycles. The Morgan fingerprint density at radius 3 is 2.88 bits per heavy atom. The summed E-state index contributed by atoms with van der Waals surface area (Å²) < 4.78 is 0. The van der Waals surface area contributed by atoms with E-state index in [0.717, 1.165) is 47.4 Å². The van der Waals surface area contributed by atoms with Crippen molar-refractivity contribution in [3.05, 3.63) is 61.3 Å². The zero-order valence-electron chi connectivity index (χ0n) is 14.1. The third-order valence-corrected chi connectivity index (χ3v) is 6.44. The molecule has 0 saturated carbocycles. The van der Waals surface area contributed by atoms with Gasteiger partial charge in [-0.1, -0.05) is 19.1 Å². The van der Waals surface area contributed by atoms with Gasteiger partial charge in [-0.25, -0.2) is 0 Å². The van der Waals surface area contributed by atoms with E-state index in [1.165, 1.54) is 10.6 Å². The fourth-order valence-electron chi connectivity index (χ4n) is 4.04. The average molecular weight is 356 g/mol. The van der Waals surface area contributed by atoms with Gasteiger partial charge in [-0.15, -0.1) is 11.8 Å². The minimum absolute atomic E-state index is 0.142. The van der Waals surface area contributed by atoms with Gasteiger partial charge < -0.3 is 5.32 Å². The SMILES string of the molecule is CCc1ccc(C2C3=C(CCS3)NC3=C2C(=O)CCC3)cc1[N+](=O)[O-]. The molecule has 3 aliphatic rings. The summed E-state index contributed by atoms with van der Waals surface area (Å²) in [5, 5.41) is 15.0. The van der Waals surface area contributed by atoms with Gasteiger partial charge in [0.1, 0.15) is 0 Å². The molecular weight excluding hydrogens is 336 g/mol. The highest BCUT2D eigenvalue weighted by atomic mass is 32.2. The molecule has 130 valence electrons. The molecule has 0 bridgehead atoms. The lowest BCUT2D eigenvalue weighted by Gasteiger charge is -2.33. The first-order valence-corrected chi connectivity index (χ1v) is 9.75. The maximum absolute atomic E-state index is 12.7. The van der Waals surface area contributed by atoms with Crippen LogP contribution in [0.25, 0.3) is 0 Å². The quantitative estimate of drug-likeness (QED) is 0.649. The standard InChI is InChI=1S/C19H20N2O3S/c1-2-11-6-7-12(10-15(11)21(23)24)17-18-13(4-3-5-16(18)22)20-14-8-9-25-19(14)17/h6-7,10,17,20H,2-5,8-9H2,1H3. The smallest absolute Gasteiger partial charge is 0.272 e. The molecule has 6 heteroatoms. The summed E-state index contributed by atoms with van der Waals surface area (Å²) in [6, 6.07) is 5.51. The van der Waals surface area contributed by atoms with Gasteiger partial charge in [0.15, 0.2) is 5.78 Å². The molecule has 0 fully saturated rings. The van der Waals surface area contributed by atoms with E-state index in [4.69, 9.17) is 0 Å². The zero-order valence-corrected chi connectivity index (χ0v) is 14.9. The summed E-state index contributed by atoms with van der Waals surface area (Å²) in [6.45, 7) is 1.92. The fraction of sp³-hybridized carbons (Fsp3) is 0.421. The summed E-state index contributed by atoms with van der Waals surface area (Å²) in [6.07, 6.45) is 3.92. The molecule has 2 heterocycles. The van der Waals surface area contributed by atoms with Crippen LogP contribution in [0.3, 0.4) is 0 Å². The van der Waals surface area contributed by atoms with Crippen LogP contribution in [0.1, 0.15) is 49.7 Å². The topological polar surface area (TPSA) is 72.2 Å². The second kappa shape index (κ2) is 6.33. The van der Waals surface area contributed by atoms with Gasteiger partial charge in [0.05, 0.1) is 4.92 Å². The highest BCUT2D eigenvalue weighted by Gasteiger charge is 2.39. The number of carbonyl (C=O) groups excluding carboxylic acids is 1. The Bertz CT molecular complexity index is 841. The Labute approximate surface area is 150 Å². The zero-order chi connectivity index (χ0) is 17.6. The van der Waals surface area contributed by atoms with Crippen LogP contribution in [0.5, 0.6) is 0 Å². The van der Waals surface area contributed by atoms with E-state index < -0.39 is 0 Å². The number of aryl methyl sites for hydroxylation is 1. The summed E-state index contributed by atoms with van der Waals surface area (Å²) >= 11 is 1.77. The molecule has 1 aromatic carbocycles. The van der Waals surface area contributed by atoms with Crippen LogP contribution in [0.15, 0.2) is 40.1 Å². The molecule has 2 aliphatic heterocycles. The second-order valence-corrected chi connectivity index (χ2v) is 7.80. The monoisotopic (exact) mass is 356 g/mol. The highest BCUT2D eigenvalue weighted by Crippen LogP contribution is 2.50. The first-order chi connectivity index (χ1) is 12.1. The van der Waals surface area contributed by atoms with E-state index in [-0.39, 0.29) is 22.3 Å². The predicted octanol–water partition coefficient (Wildman–Crippen LogP) is 4.20. The van der Waals surface area contributed by atoms with E-state index in [1.807, 2.05) is 19.1 Å². The van der Waals surface area contributed by atoms with Gasteiger partial charge in [0.2, 0.25) is 0 Å². The van der Waals surface area contributed by atoms with Crippen molar-refractivity contribution in [3.8, 4) is 0 Å². The van der Waals surface area contributed by atoms with Crippen molar-refractivity contribution in [2.45, 2.75) is 44.9 Å². The molecule has 1 aromatic rings. The number of hydrogen-bond donors (Lipinski definition) is 1. The van der Waals surface area contributed by atoms with Crippen LogP contribution in [0.2, 0.25) is 0 Å². The molecule has 1 atom stereocenters.